The summed E-state index contributed by atoms with van der Waals surface area (Å²) < 4.78 is 49.2. The Hall–Kier alpha value is -2.18. The molecule has 12 heteroatoms. The van der Waals surface area contributed by atoms with E-state index in [4.69, 9.17) is 23.9 Å². The van der Waals surface area contributed by atoms with Gasteiger partial charge in [0, 0.05) is 25.1 Å². The van der Waals surface area contributed by atoms with Gasteiger partial charge in [0.2, 0.25) is 0 Å². The summed E-state index contributed by atoms with van der Waals surface area (Å²) in [6, 6.07) is 1.81. The zero-order valence-corrected chi connectivity index (χ0v) is 18.1. The fourth-order valence-corrected chi connectivity index (χ4v) is 3.84. The number of ether oxygens (including phenoxy) is 2. The molecule has 1 N–H and O–H groups in total. The topological polar surface area (TPSA) is 105 Å². The van der Waals surface area contributed by atoms with E-state index in [-0.39, 0.29) is 12.0 Å². The highest BCUT2D eigenvalue weighted by molar-refractivity contribution is 5.92. The van der Waals surface area contributed by atoms with Crippen LogP contribution in [-0.4, -0.2) is 96.8 Å². The number of aliphatic carboxylic acids is 1. The van der Waals surface area contributed by atoms with Crippen LogP contribution in [0.1, 0.15) is 47.8 Å². The van der Waals surface area contributed by atoms with Crippen LogP contribution in [0, 0.1) is 0 Å². The zero-order valence-electron chi connectivity index (χ0n) is 18.1. The van der Waals surface area contributed by atoms with Gasteiger partial charge in [0.15, 0.2) is 5.69 Å². The number of hydrogen-bond donors (Lipinski definition) is 1. The van der Waals surface area contributed by atoms with Gasteiger partial charge in [-0.2, -0.15) is 13.2 Å². The predicted octanol–water partition coefficient (Wildman–Crippen LogP) is 2.14. The molecule has 0 aromatic carbocycles. The van der Waals surface area contributed by atoms with Gasteiger partial charge >= 0.3 is 12.1 Å². The molecular weight excluding hydrogens is 435 g/mol. The number of carboxylic acid groups (broad SMARTS) is 1. The molecule has 1 aromatic heterocycles. The summed E-state index contributed by atoms with van der Waals surface area (Å²) in [4.78, 5) is 25.7. The normalized spacial score (nSPS) is 26.1. The Morgan fingerprint density at radius 1 is 1.31 bits per heavy atom. The number of carbonyl (C=O) groups excluding carboxylic acids is 1. The van der Waals surface area contributed by atoms with E-state index in [0.29, 0.717) is 37.9 Å². The van der Waals surface area contributed by atoms with E-state index in [1.54, 1.807) is 0 Å². The minimum Gasteiger partial charge on any atom is -0.475 e. The van der Waals surface area contributed by atoms with Crippen molar-refractivity contribution in [3.05, 3.63) is 17.5 Å². The Morgan fingerprint density at radius 2 is 2.00 bits per heavy atom. The molecule has 0 radical (unpaired) electrons. The molecular formula is C20H28F3N3O6. The van der Waals surface area contributed by atoms with Crippen LogP contribution in [0.15, 0.2) is 10.6 Å². The lowest BCUT2D eigenvalue weighted by atomic mass is 10.00. The quantitative estimate of drug-likeness (QED) is 0.724. The number of halogens is 3. The lowest BCUT2D eigenvalue weighted by molar-refractivity contribution is -0.192. The van der Waals surface area contributed by atoms with E-state index >= 15 is 0 Å². The van der Waals surface area contributed by atoms with Crippen molar-refractivity contribution in [3.63, 3.8) is 0 Å². The molecule has 1 aromatic rings. The summed E-state index contributed by atoms with van der Waals surface area (Å²) >= 11 is 0. The first-order valence-electron chi connectivity index (χ1n) is 10.5. The summed E-state index contributed by atoms with van der Waals surface area (Å²) in [6.07, 6.45) is -0.710. The van der Waals surface area contributed by atoms with Gasteiger partial charge in [-0.25, -0.2) is 4.79 Å². The third kappa shape index (κ3) is 6.42. The maximum absolute atomic E-state index is 12.9. The summed E-state index contributed by atoms with van der Waals surface area (Å²) in [5, 5.41) is 11.1. The highest BCUT2D eigenvalue weighted by atomic mass is 19.4. The molecule has 3 heterocycles. The Kier molecular flexibility index (Phi) is 7.46. The van der Waals surface area contributed by atoms with E-state index in [0.717, 1.165) is 38.0 Å². The number of nitrogens with zero attached hydrogens (tertiary/aromatic N) is 3. The van der Waals surface area contributed by atoms with Gasteiger partial charge < -0.3 is 28.9 Å². The van der Waals surface area contributed by atoms with Crippen molar-refractivity contribution in [2.45, 2.75) is 49.5 Å². The molecule has 9 nitrogen and oxygen atoms in total. The fourth-order valence-electron chi connectivity index (χ4n) is 3.84. The van der Waals surface area contributed by atoms with Crippen molar-refractivity contribution in [3.8, 4) is 0 Å². The second-order valence-corrected chi connectivity index (χ2v) is 8.69. The first-order chi connectivity index (χ1) is 15.0. The second kappa shape index (κ2) is 9.75. The van der Waals surface area contributed by atoms with Gasteiger partial charge in [0.25, 0.3) is 5.91 Å². The zero-order chi connectivity index (χ0) is 23.5. The molecule has 3 fully saturated rings. The molecule has 2 atom stereocenters. The van der Waals surface area contributed by atoms with E-state index in [9.17, 15) is 18.0 Å². The first-order valence-corrected chi connectivity index (χ1v) is 10.5. The number of carboxylic acids is 1. The number of amides is 1. The minimum absolute atomic E-state index is 0.0832. The number of hydrogen-bond acceptors (Lipinski definition) is 7. The third-order valence-corrected chi connectivity index (χ3v) is 5.51. The van der Waals surface area contributed by atoms with Gasteiger partial charge in [0.1, 0.15) is 11.4 Å². The molecule has 2 unspecified atom stereocenters. The molecule has 1 spiro atoms. The third-order valence-electron chi connectivity index (χ3n) is 5.51. The van der Waals surface area contributed by atoms with E-state index in [1.165, 1.54) is 0 Å². The molecule has 3 aliphatic rings. The van der Waals surface area contributed by atoms with Crippen LogP contribution >= 0.6 is 0 Å². The molecule has 32 heavy (non-hydrogen) atoms. The Morgan fingerprint density at radius 3 is 2.59 bits per heavy atom. The highest BCUT2D eigenvalue weighted by Gasteiger charge is 2.44. The van der Waals surface area contributed by atoms with Crippen molar-refractivity contribution >= 4 is 11.9 Å². The SMILES string of the molecule is CN(C)CC1CCC2(COCCN(C(=O)c3cc(C4CC4)on3)C2)O1.O=C(O)C(F)(F)F. The summed E-state index contributed by atoms with van der Waals surface area (Å²) in [6.45, 7) is 3.09. The van der Waals surface area contributed by atoms with Crippen molar-refractivity contribution < 1.29 is 41.9 Å². The summed E-state index contributed by atoms with van der Waals surface area (Å²) in [5.41, 5.74) is 0.0115. The largest absolute Gasteiger partial charge is 0.490 e. The molecule has 1 aliphatic carbocycles. The van der Waals surface area contributed by atoms with Crippen LogP contribution in [0.3, 0.4) is 0 Å². The lowest BCUT2D eigenvalue weighted by Gasteiger charge is -2.32. The molecule has 0 bridgehead atoms. The molecule has 1 saturated carbocycles. The average molecular weight is 463 g/mol. The molecule has 1 amide bonds. The van der Waals surface area contributed by atoms with Crippen LogP contribution in [0.5, 0.6) is 0 Å². The van der Waals surface area contributed by atoms with E-state index in [1.807, 2.05) is 11.0 Å². The first kappa shape index (κ1) is 24.5. The average Bonchev–Trinajstić information content (AvgIpc) is 3.36. The van der Waals surface area contributed by atoms with Gasteiger partial charge in [0.05, 0.1) is 25.9 Å². The van der Waals surface area contributed by atoms with Gasteiger partial charge in [-0.1, -0.05) is 5.16 Å². The number of likely N-dealkylation sites (N-methyl/N-ethyl adjacent to an activating group) is 1. The predicted molar refractivity (Wildman–Crippen MR) is 104 cm³/mol. The Bertz CT molecular complexity index is 811. The molecule has 2 aliphatic heterocycles. The number of aromatic nitrogens is 1. The Labute approximate surface area is 183 Å². The van der Waals surface area contributed by atoms with Gasteiger partial charge in [-0.15, -0.1) is 0 Å². The van der Waals surface area contributed by atoms with Crippen LogP contribution in [-0.2, 0) is 14.3 Å². The number of carbonyl (C=O) groups is 2. The lowest BCUT2D eigenvalue weighted by Crippen LogP contribution is -2.47. The monoisotopic (exact) mass is 463 g/mol. The molecule has 180 valence electrons. The van der Waals surface area contributed by atoms with Crippen LogP contribution in [0.25, 0.3) is 0 Å². The van der Waals surface area contributed by atoms with Crippen molar-refractivity contribution in [1.82, 2.24) is 15.0 Å². The second-order valence-electron chi connectivity index (χ2n) is 8.69. The van der Waals surface area contributed by atoms with Crippen molar-refractivity contribution in [1.29, 1.82) is 0 Å². The number of alkyl halides is 3. The standard InChI is InChI=1S/C18H27N3O4.C2HF3O2/c1-20(2)10-14-5-6-18(24-14)11-21(7-8-23-12-18)17(22)15-9-16(25-19-15)13-3-4-13;3-2(4,5)1(6)7/h9,13-14H,3-8,10-12H2,1-2H3;(H,6,7). The molecule has 2 saturated heterocycles. The van der Waals surface area contributed by atoms with Gasteiger partial charge in [-0.05, 0) is 39.8 Å². The summed E-state index contributed by atoms with van der Waals surface area (Å²) in [5.74, 6) is -1.54. The maximum Gasteiger partial charge on any atom is 0.490 e. The fraction of sp³-hybridized carbons (Fsp3) is 0.750. The smallest absolute Gasteiger partial charge is 0.475 e. The van der Waals surface area contributed by atoms with Crippen LogP contribution in [0.4, 0.5) is 13.2 Å². The van der Waals surface area contributed by atoms with Crippen LogP contribution < -0.4 is 0 Å². The van der Waals surface area contributed by atoms with Crippen molar-refractivity contribution in [2.24, 2.45) is 0 Å². The van der Waals surface area contributed by atoms with Crippen LogP contribution in [0.2, 0.25) is 0 Å². The highest BCUT2D eigenvalue weighted by Crippen LogP contribution is 2.40. The minimum atomic E-state index is -5.08. The van der Waals surface area contributed by atoms with Crippen molar-refractivity contribution in [2.75, 3.05) is 46.9 Å². The Balaban J connectivity index is 0.000000360. The van der Waals surface area contributed by atoms with E-state index in [2.05, 4.69) is 24.2 Å². The number of rotatable bonds is 4. The van der Waals surface area contributed by atoms with E-state index < -0.39 is 17.7 Å². The summed E-state index contributed by atoms with van der Waals surface area (Å²) in [7, 11) is 4.10. The molecule has 4 rings (SSSR count). The maximum atomic E-state index is 12.9. The van der Waals surface area contributed by atoms with Gasteiger partial charge in [-0.3, -0.25) is 4.79 Å².